The Hall–Kier alpha value is -0.380. The first-order valence-electron chi connectivity index (χ1n) is 3.65. The molecular formula is C8H11Cl2FN2. The summed E-state index contributed by atoms with van der Waals surface area (Å²) in [6.07, 6.45) is 1.27. The van der Waals surface area contributed by atoms with Crippen molar-refractivity contribution in [3.05, 3.63) is 29.3 Å². The molecule has 1 aliphatic heterocycles. The highest BCUT2D eigenvalue weighted by Gasteiger charge is 2.18. The van der Waals surface area contributed by atoms with E-state index < -0.39 is 0 Å². The van der Waals surface area contributed by atoms with Crippen LogP contribution in [0, 0.1) is 5.82 Å². The second kappa shape index (κ2) is 4.74. The lowest BCUT2D eigenvalue weighted by Gasteiger charge is -2.01. The van der Waals surface area contributed by atoms with Gasteiger partial charge in [0.15, 0.2) is 0 Å². The van der Waals surface area contributed by atoms with Gasteiger partial charge >= 0.3 is 0 Å². The van der Waals surface area contributed by atoms with Gasteiger partial charge in [-0.05, 0) is 18.6 Å². The van der Waals surface area contributed by atoms with Crippen LogP contribution in [0.3, 0.4) is 0 Å². The molecule has 1 N–H and O–H groups in total. The normalized spacial score (nSPS) is 18.5. The molecule has 0 bridgehead atoms. The van der Waals surface area contributed by atoms with Crippen molar-refractivity contribution in [1.82, 2.24) is 10.3 Å². The van der Waals surface area contributed by atoms with E-state index in [1.807, 2.05) is 6.92 Å². The Morgan fingerprint density at radius 1 is 1.54 bits per heavy atom. The quantitative estimate of drug-likeness (QED) is 0.732. The van der Waals surface area contributed by atoms with Crippen LogP contribution in [0.2, 0.25) is 0 Å². The summed E-state index contributed by atoms with van der Waals surface area (Å²) in [5, 5.41) is 3.18. The van der Waals surface area contributed by atoms with Crippen LogP contribution in [-0.4, -0.2) is 4.98 Å². The van der Waals surface area contributed by atoms with E-state index in [1.165, 1.54) is 6.20 Å². The number of hydrogen-bond acceptors (Lipinski definition) is 2. The Kier molecular flexibility index (Phi) is 4.61. The Bertz CT molecular complexity index is 293. The van der Waals surface area contributed by atoms with Gasteiger partial charge < -0.3 is 5.32 Å². The molecule has 1 aliphatic rings. The molecule has 13 heavy (non-hydrogen) atoms. The van der Waals surface area contributed by atoms with Gasteiger partial charge in [0.25, 0.3) is 0 Å². The molecule has 0 saturated heterocycles. The van der Waals surface area contributed by atoms with E-state index in [9.17, 15) is 4.39 Å². The van der Waals surface area contributed by atoms with Crippen molar-refractivity contribution >= 4 is 24.8 Å². The van der Waals surface area contributed by atoms with Crippen LogP contribution in [0.4, 0.5) is 4.39 Å². The van der Waals surface area contributed by atoms with Crippen molar-refractivity contribution < 1.29 is 4.39 Å². The summed E-state index contributed by atoms with van der Waals surface area (Å²) in [5.41, 5.74) is 1.96. The molecule has 0 aromatic carbocycles. The maximum absolute atomic E-state index is 12.6. The topological polar surface area (TPSA) is 24.9 Å². The fourth-order valence-corrected chi connectivity index (χ4v) is 1.38. The maximum Gasteiger partial charge on any atom is 0.141 e. The lowest BCUT2D eigenvalue weighted by molar-refractivity contribution is 0.614. The van der Waals surface area contributed by atoms with Crippen molar-refractivity contribution in [2.45, 2.75) is 19.5 Å². The molecule has 1 unspecified atom stereocenters. The second-order valence-electron chi connectivity index (χ2n) is 2.80. The average molecular weight is 225 g/mol. The van der Waals surface area contributed by atoms with Crippen LogP contribution in [-0.2, 0) is 6.54 Å². The third kappa shape index (κ3) is 2.30. The first kappa shape index (κ1) is 12.6. The monoisotopic (exact) mass is 224 g/mol. The number of pyridine rings is 1. The number of fused-ring (bicyclic) bond motifs is 1. The van der Waals surface area contributed by atoms with Crippen molar-refractivity contribution in [3.8, 4) is 0 Å². The largest absolute Gasteiger partial charge is 0.305 e. The van der Waals surface area contributed by atoms with Gasteiger partial charge in [0, 0.05) is 12.6 Å². The van der Waals surface area contributed by atoms with Gasteiger partial charge in [-0.25, -0.2) is 4.39 Å². The molecule has 2 nitrogen and oxygen atoms in total. The van der Waals surface area contributed by atoms with Crippen LogP contribution < -0.4 is 5.32 Å². The highest BCUT2D eigenvalue weighted by molar-refractivity contribution is 5.85. The molecule has 2 rings (SSSR count). The lowest BCUT2D eigenvalue weighted by Crippen LogP contribution is -2.07. The van der Waals surface area contributed by atoms with E-state index >= 15 is 0 Å². The van der Waals surface area contributed by atoms with Crippen LogP contribution in [0.15, 0.2) is 12.3 Å². The van der Waals surface area contributed by atoms with Gasteiger partial charge in [-0.2, -0.15) is 0 Å². The van der Waals surface area contributed by atoms with E-state index in [4.69, 9.17) is 0 Å². The summed E-state index contributed by atoms with van der Waals surface area (Å²) >= 11 is 0. The van der Waals surface area contributed by atoms with Gasteiger partial charge in [-0.15, -0.1) is 24.8 Å². The molecule has 0 radical (unpaired) electrons. The molecule has 1 atom stereocenters. The number of nitrogens with zero attached hydrogens (tertiary/aromatic N) is 1. The summed E-state index contributed by atoms with van der Waals surface area (Å²) in [4.78, 5) is 4.00. The molecule has 5 heteroatoms. The number of aromatic nitrogens is 1. The van der Waals surface area contributed by atoms with Crippen LogP contribution in [0.5, 0.6) is 0 Å². The summed E-state index contributed by atoms with van der Waals surface area (Å²) in [5.74, 6) is -0.250. The van der Waals surface area contributed by atoms with E-state index in [1.54, 1.807) is 6.07 Å². The molecule has 0 spiro atoms. The Morgan fingerprint density at radius 2 is 2.23 bits per heavy atom. The summed E-state index contributed by atoms with van der Waals surface area (Å²) < 4.78 is 12.6. The molecule has 1 aromatic rings. The smallest absolute Gasteiger partial charge is 0.141 e. The van der Waals surface area contributed by atoms with E-state index in [2.05, 4.69) is 10.3 Å². The van der Waals surface area contributed by atoms with Gasteiger partial charge in [0.2, 0.25) is 0 Å². The fraction of sp³-hybridized carbons (Fsp3) is 0.375. The van der Waals surface area contributed by atoms with Gasteiger partial charge in [-0.3, -0.25) is 4.98 Å². The highest BCUT2D eigenvalue weighted by atomic mass is 35.5. The molecular weight excluding hydrogens is 214 g/mol. The minimum absolute atomic E-state index is 0. The van der Waals surface area contributed by atoms with Crippen LogP contribution >= 0.6 is 24.8 Å². The molecule has 0 saturated carbocycles. The van der Waals surface area contributed by atoms with Crippen molar-refractivity contribution in [3.63, 3.8) is 0 Å². The average Bonchev–Trinajstić information content (AvgIpc) is 2.32. The van der Waals surface area contributed by atoms with Crippen LogP contribution in [0.25, 0.3) is 0 Å². The minimum atomic E-state index is -0.250. The summed E-state index contributed by atoms with van der Waals surface area (Å²) in [6, 6.07) is 1.81. The van der Waals surface area contributed by atoms with Gasteiger partial charge in [0.05, 0.1) is 11.9 Å². The summed E-state index contributed by atoms with van der Waals surface area (Å²) in [7, 11) is 0. The number of hydrogen-bond donors (Lipinski definition) is 1. The Balaban J connectivity index is 0.000000720. The van der Waals surface area contributed by atoms with Crippen LogP contribution in [0.1, 0.15) is 24.2 Å². The third-order valence-corrected chi connectivity index (χ3v) is 1.98. The molecule has 0 amide bonds. The molecule has 74 valence electrons. The van der Waals surface area contributed by atoms with Gasteiger partial charge in [0.1, 0.15) is 5.82 Å². The van der Waals surface area contributed by atoms with Crippen molar-refractivity contribution in [1.29, 1.82) is 0 Å². The van der Waals surface area contributed by atoms with E-state index in [0.29, 0.717) is 0 Å². The minimum Gasteiger partial charge on any atom is -0.305 e. The molecule has 0 fully saturated rings. The van der Waals surface area contributed by atoms with E-state index in [-0.39, 0.29) is 36.7 Å². The standard InChI is InChI=1S/C8H9FN2.2ClH/c1-5-8-6(3-10-5)2-7(9)4-11-8;;/h2,4-5,10H,3H2,1H3;2*1H. The molecule has 2 heterocycles. The maximum atomic E-state index is 12.6. The number of nitrogens with one attached hydrogen (secondary N) is 1. The SMILES string of the molecule is CC1NCc2cc(F)cnc21.Cl.Cl. The Labute approximate surface area is 88.8 Å². The zero-order valence-electron chi connectivity index (χ0n) is 7.08. The number of rotatable bonds is 0. The van der Waals surface area contributed by atoms with Crippen molar-refractivity contribution in [2.24, 2.45) is 0 Å². The highest BCUT2D eigenvalue weighted by Crippen LogP contribution is 2.22. The fourth-order valence-electron chi connectivity index (χ4n) is 1.38. The van der Waals surface area contributed by atoms with Crippen molar-refractivity contribution in [2.75, 3.05) is 0 Å². The zero-order chi connectivity index (χ0) is 7.84. The Morgan fingerprint density at radius 3 is 2.92 bits per heavy atom. The predicted octanol–water partition coefficient (Wildman–Crippen LogP) is 2.23. The second-order valence-corrected chi connectivity index (χ2v) is 2.80. The van der Waals surface area contributed by atoms with E-state index in [0.717, 1.165) is 17.8 Å². The first-order valence-corrected chi connectivity index (χ1v) is 3.65. The molecule has 0 aliphatic carbocycles. The zero-order valence-corrected chi connectivity index (χ0v) is 8.71. The number of halogens is 3. The first-order chi connectivity index (χ1) is 5.27. The predicted molar refractivity (Wildman–Crippen MR) is 53.9 cm³/mol. The van der Waals surface area contributed by atoms with Gasteiger partial charge in [-0.1, -0.05) is 0 Å². The molecule has 1 aromatic heterocycles. The summed E-state index contributed by atoms with van der Waals surface area (Å²) in [6.45, 7) is 2.76. The third-order valence-electron chi connectivity index (χ3n) is 1.98. The lowest BCUT2D eigenvalue weighted by atomic mass is 10.2.